The molecule has 0 aromatic heterocycles. The summed E-state index contributed by atoms with van der Waals surface area (Å²) >= 11 is 0. The molecular weight excluding hydrogens is 473 g/mol. The van der Waals surface area contributed by atoms with Gasteiger partial charge in [-0.15, -0.1) is 0 Å². The first kappa shape index (κ1) is 25.5. The number of nitrogens with zero attached hydrogens (tertiary/aromatic N) is 4. The van der Waals surface area contributed by atoms with Gasteiger partial charge in [-0.3, -0.25) is 9.59 Å². The number of piperidine rings is 1. The molecule has 190 valence electrons. The molecule has 1 N–H and O–H groups in total. The summed E-state index contributed by atoms with van der Waals surface area (Å²) in [6.07, 6.45) is 2.38. The van der Waals surface area contributed by atoms with Crippen molar-refractivity contribution in [3.05, 3.63) is 35.1 Å². The van der Waals surface area contributed by atoms with Crippen molar-refractivity contribution < 1.29 is 22.4 Å². The van der Waals surface area contributed by atoms with Gasteiger partial charge in [0.1, 0.15) is 11.9 Å². The first-order chi connectivity index (χ1) is 16.6. The summed E-state index contributed by atoms with van der Waals surface area (Å²) in [5.41, 5.74) is 1.28. The molecule has 0 bridgehead atoms. The summed E-state index contributed by atoms with van der Waals surface area (Å²) < 4.78 is 42.1. The highest BCUT2D eigenvalue weighted by atomic mass is 32.2. The second kappa shape index (κ2) is 10.2. The lowest BCUT2D eigenvalue weighted by atomic mass is 9.97. The van der Waals surface area contributed by atoms with Gasteiger partial charge in [-0.05, 0) is 56.7 Å². The number of hydrogen-bond acceptors (Lipinski definition) is 5. The molecule has 3 heterocycles. The smallest absolute Gasteiger partial charge is 0.282 e. The van der Waals surface area contributed by atoms with Crippen LogP contribution in [0, 0.1) is 35.9 Å². The van der Waals surface area contributed by atoms with Gasteiger partial charge in [0.15, 0.2) is 0 Å². The van der Waals surface area contributed by atoms with E-state index in [-0.39, 0.29) is 49.2 Å². The number of likely N-dealkylation sites (tertiary alicyclic amines) is 1. The fraction of sp³-hybridized carbons (Fsp3) is 0.625. The third kappa shape index (κ3) is 5.20. The Morgan fingerprint density at radius 2 is 1.86 bits per heavy atom. The number of hydrogen-bond donors (Lipinski definition) is 1. The Kier molecular flexibility index (Phi) is 7.45. The number of nitrogens with one attached hydrogen (secondary N) is 1. The first-order valence-corrected chi connectivity index (χ1v) is 13.5. The Hall–Kier alpha value is -2.55. The molecule has 2 amide bonds. The van der Waals surface area contributed by atoms with Crippen molar-refractivity contribution in [1.29, 1.82) is 5.26 Å². The van der Waals surface area contributed by atoms with E-state index in [2.05, 4.69) is 11.4 Å². The van der Waals surface area contributed by atoms with Crippen molar-refractivity contribution >= 4 is 22.0 Å². The number of carbonyl (C=O) groups excluding carboxylic acids is 2. The molecular formula is C24H32FN5O4S. The number of halogens is 1. The Morgan fingerprint density at radius 1 is 1.14 bits per heavy atom. The zero-order valence-electron chi connectivity index (χ0n) is 20.1. The highest BCUT2D eigenvalue weighted by Gasteiger charge is 2.44. The van der Waals surface area contributed by atoms with Crippen LogP contribution < -0.4 is 5.32 Å². The van der Waals surface area contributed by atoms with E-state index in [9.17, 15) is 22.4 Å². The number of nitriles is 1. The van der Waals surface area contributed by atoms with Crippen LogP contribution in [0.2, 0.25) is 0 Å². The molecule has 0 aliphatic carbocycles. The van der Waals surface area contributed by atoms with Gasteiger partial charge in [-0.2, -0.15) is 22.3 Å². The summed E-state index contributed by atoms with van der Waals surface area (Å²) in [5, 5.41) is 11.9. The second-order valence-electron chi connectivity index (χ2n) is 9.78. The standard InChI is InChI=1S/C24H32FN5O4S/c1-16-11-19(7-8-21(16)25)17(2)27-23(31)22-6-4-10-30(22)24(32)20-5-3-9-28(15-20)35(33,34)29-13-18(12-26)14-29/h7-8,11,17-18,20,22H,3-6,9-10,13-15H2,1-2H3,(H,27,31)/t17-,20+,22-/m1/s1. The molecule has 3 atom stereocenters. The molecule has 1 aromatic rings. The van der Waals surface area contributed by atoms with Gasteiger partial charge in [-0.25, -0.2) is 4.39 Å². The minimum Gasteiger partial charge on any atom is -0.348 e. The van der Waals surface area contributed by atoms with Gasteiger partial charge in [0.05, 0.1) is 23.9 Å². The fourth-order valence-electron chi connectivity index (χ4n) is 5.09. The van der Waals surface area contributed by atoms with Crippen LogP contribution in [-0.4, -0.2) is 72.5 Å². The maximum Gasteiger partial charge on any atom is 0.282 e. The minimum absolute atomic E-state index is 0.0883. The minimum atomic E-state index is -3.70. The molecule has 1 aromatic carbocycles. The van der Waals surface area contributed by atoms with Crippen molar-refractivity contribution in [2.24, 2.45) is 11.8 Å². The lowest BCUT2D eigenvalue weighted by molar-refractivity contribution is -0.142. The maximum atomic E-state index is 13.6. The van der Waals surface area contributed by atoms with Crippen molar-refractivity contribution in [3.8, 4) is 6.07 Å². The van der Waals surface area contributed by atoms with Crippen molar-refractivity contribution in [2.45, 2.75) is 51.6 Å². The molecule has 3 aliphatic heterocycles. The van der Waals surface area contributed by atoms with Crippen LogP contribution in [0.1, 0.15) is 49.8 Å². The van der Waals surface area contributed by atoms with Gasteiger partial charge in [0, 0.05) is 32.7 Å². The maximum absolute atomic E-state index is 13.6. The van der Waals surface area contributed by atoms with Crippen LogP contribution in [0.4, 0.5) is 4.39 Å². The summed E-state index contributed by atoms with van der Waals surface area (Å²) in [6.45, 7) is 4.76. The van der Waals surface area contributed by atoms with Crippen LogP contribution in [-0.2, 0) is 19.8 Å². The number of carbonyl (C=O) groups is 2. The van der Waals surface area contributed by atoms with E-state index in [1.807, 2.05) is 6.92 Å². The Morgan fingerprint density at radius 3 is 2.54 bits per heavy atom. The predicted octanol–water partition coefficient (Wildman–Crippen LogP) is 1.71. The molecule has 9 nitrogen and oxygen atoms in total. The largest absolute Gasteiger partial charge is 0.348 e. The Labute approximate surface area is 206 Å². The Balaban J connectivity index is 1.39. The summed E-state index contributed by atoms with van der Waals surface area (Å²) in [4.78, 5) is 28.1. The van der Waals surface area contributed by atoms with Crippen LogP contribution >= 0.6 is 0 Å². The van der Waals surface area contributed by atoms with Crippen LogP contribution in [0.3, 0.4) is 0 Å². The van der Waals surface area contributed by atoms with Crippen LogP contribution in [0.25, 0.3) is 0 Å². The zero-order chi connectivity index (χ0) is 25.3. The molecule has 0 spiro atoms. The van der Waals surface area contributed by atoms with Crippen molar-refractivity contribution in [2.75, 3.05) is 32.7 Å². The van der Waals surface area contributed by atoms with Gasteiger partial charge < -0.3 is 10.2 Å². The lowest BCUT2D eigenvalue weighted by Crippen LogP contribution is -2.57. The molecule has 4 rings (SSSR count). The zero-order valence-corrected chi connectivity index (χ0v) is 20.9. The average molecular weight is 506 g/mol. The molecule has 35 heavy (non-hydrogen) atoms. The van der Waals surface area contributed by atoms with Crippen LogP contribution in [0.5, 0.6) is 0 Å². The molecule has 0 radical (unpaired) electrons. The van der Waals surface area contributed by atoms with Gasteiger partial charge in [-0.1, -0.05) is 12.1 Å². The highest BCUT2D eigenvalue weighted by molar-refractivity contribution is 7.86. The van der Waals surface area contributed by atoms with Gasteiger partial charge >= 0.3 is 0 Å². The fourth-order valence-corrected chi connectivity index (χ4v) is 6.88. The molecule has 0 unspecified atom stereocenters. The van der Waals surface area contributed by atoms with Crippen LogP contribution in [0.15, 0.2) is 18.2 Å². The topological polar surface area (TPSA) is 114 Å². The predicted molar refractivity (Wildman–Crippen MR) is 126 cm³/mol. The molecule has 3 aliphatic rings. The van der Waals surface area contributed by atoms with Gasteiger partial charge in [0.2, 0.25) is 11.8 Å². The molecule has 0 saturated carbocycles. The third-order valence-corrected chi connectivity index (χ3v) is 9.23. The lowest BCUT2D eigenvalue weighted by Gasteiger charge is -2.41. The second-order valence-corrected chi connectivity index (χ2v) is 11.7. The molecule has 3 saturated heterocycles. The number of amides is 2. The number of rotatable bonds is 6. The van der Waals surface area contributed by atoms with E-state index in [1.165, 1.54) is 14.7 Å². The first-order valence-electron chi connectivity index (χ1n) is 12.1. The molecule has 3 fully saturated rings. The monoisotopic (exact) mass is 505 g/mol. The number of benzene rings is 1. The van der Waals surface area contributed by atoms with E-state index >= 15 is 0 Å². The average Bonchev–Trinajstić information content (AvgIpc) is 3.29. The normalized spacial score (nSPS) is 25.0. The van der Waals surface area contributed by atoms with E-state index in [0.717, 1.165) is 5.56 Å². The third-order valence-electron chi connectivity index (χ3n) is 7.30. The van der Waals surface area contributed by atoms with Gasteiger partial charge in [0.25, 0.3) is 10.2 Å². The Bertz CT molecular complexity index is 1130. The van der Waals surface area contributed by atoms with Crippen molar-refractivity contribution in [3.63, 3.8) is 0 Å². The van der Waals surface area contributed by atoms with Crippen molar-refractivity contribution in [1.82, 2.24) is 18.8 Å². The quantitative estimate of drug-likeness (QED) is 0.632. The van der Waals surface area contributed by atoms with E-state index < -0.39 is 22.2 Å². The molecule has 11 heteroatoms. The summed E-state index contributed by atoms with van der Waals surface area (Å²) in [5.74, 6) is -1.53. The van der Waals surface area contributed by atoms with E-state index in [0.29, 0.717) is 44.3 Å². The number of aryl methyl sites for hydroxylation is 1. The van der Waals surface area contributed by atoms with E-state index in [1.54, 1.807) is 24.0 Å². The highest BCUT2D eigenvalue weighted by Crippen LogP contribution is 2.29. The summed E-state index contributed by atoms with van der Waals surface area (Å²) in [6, 6.07) is 5.84. The van der Waals surface area contributed by atoms with E-state index in [4.69, 9.17) is 5.26 Å². The summed E-state index contributed by atoms with van der Waals surface area (Å²) in [7, 11) is -3.70. The SMILES string of the molecule is Cc1cc([C@@H](C)NC(=O)[C@H]2CCCN2C(=O)[C@H]2CCCN(S(=O)(=O)N3CC(C#N)C3)C2)ccc1F.